The van der Waals surface area contributed by atoms with Crippen LogP contribution >= 0.6 is 0 Å². The van der Waals surface area contributed by atoms with Crippen LogP contribution in [0.25, 0.3) is 0 Å². The molecule has 1 aliphatic heterocycles. The lowest BCUT2D eigenvalue weighted by atomic mass is 10.1. The number of nitrogens with two attached hydrogens (primary N) is 1. The van der Waals surface area contributed by atoms with E-state index in [9.17, 15) is 4.79 Å². The van der Waals surface area contributed by atoms with Crippen LogP contribution < -0.4 is 5.73 Å². The first-order valence-corrected chi connectivity index (χ1v) is 5.31. The van der Waals surface area contributed by atoms with Crippen molar-refractivity contribution >= 4 is 5.91 Å². The van der Waals surface area contributed by atoms with Crippen molar-refractivity contribution in [2.45, 2.75) is 18.5 Å². The minimum Gasteiger partial charge on any atom is -0.467 e. The average molecular weight is 224 g/mol. The minimum absolute atomic E-state index is 0.0611. The van der Waals surface area contributed by atoms with Gasteiger partial charge < -0.3 is 19.8 Å². The van der Waals surface area contributed by atoms with E-state index in [1.54, 1.807) is 24.3 Å². The number of ether oxygens (including phenoxy) is 1. The number of hydrogen-bond donors (Lipinski definition) is 1. The molecular formula is C11H16N2O3. The fourth-order valence-corrected chi connectivity index (χ4v) is 2.09. The maximum Gasteiger partial charge on any atom is 0.224 e. The molecule has 0 saturated carbocycles. The highest BCUT2D eigenvalue weighted by atomic mass is 16.5. The third-order valence-corrected chi connectivity index (χ3v) is 2.84. The van der Waals surface area contributed by atoms with Crippen LogP contribution in [0.2, 0.25) is 0 Å². The van der Waals surface area contributed by atoms with Crippen molar-refractivity contribution in [3.63, 3.8) is 0 Å². The van der Waals surface area contributed by atoms with Gasteiger partial charge in [0.1, 0.15) is 11.8 Å². The molecule has 2 unspecified atom stereocenters. The van der Waals surface area contributed by atoms with Gasteiger partial charge in [-0.25, -0.2) is 0 Å². The highest BCUT2D eigenvalue weighted by molar-refractivity contribution is 5.80. The number of carbonyl (C=O) groups excluding carboxylic acids is 1. The van der Waals surface area contributed by atoms with Crippen molar-refractivity contribution in [3.05, 3.63) is 24.2 Å². The van der Waals surface area contributed by atoms with Crippen LogP contribution in [-0.4, -0.2) is 37.1 Å². The molecule has 2 atom stereocenters. The standard InChI is InChI=1S/C11H16N2O3/c1-15-6-4-13-10(14)7-8(12)11(13)9-3-2-5-16-9/h2-3,5,8,11H,4,6-7,12H2,1H3. The smallest absolute Gasteiger partial charge is 0.224 e. The van der Waals surface area contributed by atoms with Crippen LogP contribution in [-0.2, 0) is 9.53 Å². The van der Waals surface area contributed by atoms with Crippen molar-refractivity contribution in [2.75, 3.05) is 20.3 Å². The second kappa shape index (κ2) is 4.67. The van der Waals surface area contributed by atoms with E-state index in [1.807, 2.05) is 6.07 Å². The van der Waals surface area contributed by atoms with E-state index in [-0.39, 0.29) is 18.0 Å². The molecule has 1 aromatic heterocycles. The van der Waals surface area contributed by atoms with Crippen molar-refractivity contribution in [3.8, 4) is 0 Å². The molecule has 2 N–H and O–H groups in total. The first kappa shape index (κ1) is 11.2. The van der Waals surface area contributed by atoms with Crippen molar-refractivity contribution < 1.29 is 13.9 Å². The van der Waals surface area contributed by atoms with E-state index in [1.165, 1.54) is 0 Å². The number of methoxy groups -OCH3 is 1. The molecule has 1 fully saturated rings. The molecule has 1 saturated heterocycles. The Morgan fingerprint density at radius 1 is 1.69 bits per heavy atom. The summed E-state index contributed by atoms with van der Waals surface area (Å²) in [4.78, 5) is 13.5. The van der Waals surface area contributed by atoms with Gasteiger partial charge in [-0.3, -0.25) is 4.79 Å². The number of furan rings is 1. The predicted octanol–water partition coefficient (Wildman–Crippen LogP) is 0.527. The maximum atomic E-state index is 11.7. The molecule has 0 aromatic carbocycles. The minimum atomic E-state index is -0.199. The van der Waals surface area contributed by atoms with E-state index in [4.69, 9.17) is 14.9 Å². The Labute approximate surface area is 94.1 Å². The normalized spacial score (nSPS) is 25.4. The van der Waals surface area contributed by atoms with E-state index >= 15 is 0 Å². The number of carbonyl (C=O) groups is 1. The van der Waals surface area contributed by atoms with E-state index < -0.39 is 0 Å². The molecule has 1 amide bonds. The van der Waals surface area contributed by atoms with E-state index in [0.717, 1.165) is 5.76 Å². The molecule has 0 radical (unpaired) electrons. The zero-order valence-electron chi connectivity index (χ0n) is 9.26. The largest absolute Gasteiger partial charge is 0.467 e. The molecule has 0 bridgehead atoms. The van der Waals surface area contributed by atoms with Crippen LogP contribution in [0, 0.1) is 0 Å². The summed E-state index contributed by atoms with van der Waals surface area (Å²) in [5.74, 6) is 0.806. The van der Waals surface area contributed by atoms with Crippen LogP contribution in [0.3, 0.4) is 0 Å². The Morgan fingerprint density at radius 3 is 3.12 bits per heavy atom. The maximum absolute atomic E-state index is 11.7. The Kier molecular flexibility index (Phi) is 3.26. The van der Waals surface area contributed by atoms with Crippen LogP contribution in [0.4, 0.5) is 0 Å². The van der Waals surface area contributed by atoms with Crippen molar-refractivity contribution in [1.82, 2.24) is 4.90 Å². The lowest BCUT2D eigenvalue weighted by Crippen LogP contribution is -2.34. The van der Waals surface area contributed by atoms with Gasteiger partial charge in [-0.15, -0.1) is 0 Å². The fraction of sp³-hybridized carbons (Fsp3) is 0.545. The highest BCUT2D eigenvalue weighted by Crippen LogP contribution is 2.31. The summed E-state index contributed by atoms with van der Waals surface area (Å²) >= 11 is 0. The fourth-order valence-electron chi connectivity index (χ4n) is 2.09. The second-order valence-electron chi connectivity index (χ2n) is 3.91. The Balaban J connectivity index is 2.16. The Bertz CT molecular complexity index is 350. The van der Waals surface area contributed by atoms with Crippen molar-refractivity contribution in [1.29, 1.82) is 0 Å². The SMILES string of the molecule is COCCN1C(=O)CC(N)C1c1ccco1. The van der Waals surface area contributed by atoms with Crippen LogP contribution in [0.5, 0.6) is 0 Å². The summed E-state index contributed by atoms with van der Waals surface area (Å²) in [6, 6.07) is 3.30. The molecule has 2 rings (SSSR count). The molecule has 1 aliphatic rings. The monoisotopic (exact) mass is 224 g/mol. The van der Waals surface area contributed by atoms with Gasteiger partial charge >= 0.3 is 0 Å². The zero-order chi connectivity index (χ0) is 11.5. The third kappa shape index (κ3) is 1.96. The molecule has 5 heteroatoms. The van der Waals surface area contributed by atoms with Gasteiger partial charge in [0, 0.05) is 26.1 Å². The topological polar surface area (TPSA) is 68.7 Å². The van der Waals surface area contributed by atoms with Crippen molar-refractivity contribution in [2.24, 2.45) is 5.73 Å². The quantitative estimate of drug-likeness (QED) is 0.809. The lowest BCUT2D eigenvalue weighted by Gasteiger charge is -2.24. The van der Waals surface area contributed by atoms with Crippen LogP contribution in [0.1, 0.15) is 18.2 Å². The zero-order valence-corrected chi connectivity index (χ0v) is 9.26. The van der Waals surface area contributed by atoms with Gasteiger partial charge in [-0.2, -0.15) is 0 Å². The summed E-state index contributed by atoms with van der Waals surface area (Å²) in [5.41, 5.74) is 5.96. The number of nitrogens with zero attached hydrogens (tertiary/aromatic N) is 1. The first-order chi connectivity index (χ1) is 7.74. The predicted molar refractivity (Wildman–Crippen MR) is 57.6 cm³/mol. The lowest BCUT2D eigenvalue weighted by molar-refractivity contribution is -0.129. The third-order valence-electron chi connectivity index (χ3n) is 2.84. The molecule has 2 heterocycles. The molecule has 5 nitrogen and oxygen atoms in total. The Hall–Kier alpha value is -1.33. The van der Waals surface area contributed by atoms with Crippen LogP contribution in [0.15, 0.2) is 22.8 Å². The Morgan fingerprint density at radius 2 is 2.50 bits per heavy atom. The molecular weight excluding hydrogens is 208 g/mol. The molecule has 1 aromatic rings. The summed E-state index contributed by atoms with van der Waals surface area (Å²) < 4.78 is 10.3. The average Bonchev–Trinajstić information content (AvgIpc) is 2.83. The van der Waals surface area contributed by atoms with Gasteiger partial charge in [0.05, 0.1) is 12.9 Å². The second-order valence-corrected chi connectivity index (χ2v) is 3.91. The number of amides is 1. The number of rotatable bonds is 4. The van der Waals surface area contributed by atoms with Gasteiger partial charge in [0.2, 0.25) is 5.91 Å². The summed E-state index contributed by atoms with van der Waals surface area (Å²) in [7, 11) is 1.61. The molecule has 0 aliphatic carbocycles. The number of likely N-dealkylation sites (tertiary alicyclic amines) is 1. The van der Waals surface area contributed by atoms with Gasteiger partial charge in [0.15, 0.2) is 0 Å². The van der Waals surface area contributed by atoms with Gasteiger partial charge in [-0.05, 0) is 12.1 Å². The van der Waals surface area contributed by atoms with E-state index in [2.05, 4.69) is 0 Å². The molecule has 16 heavy (non-hydrogen) atoms. The highest BCUT2D eigenvalue weighted by Gasteiger charge is 2.39. The molecule has 0 spiro atoms. The first-order valence-electron chi connectivity index (χ1n) is 5.31. The van der Waals surface area contributed by atoms with Gasteiger partial charge in [-0.1, -0.05) is 0 Å². The summed E-state index contributed by atoms with van der Waals surface area (Å²) in [6.07, 6.45) is 1.97. The summed E-state index contributed by atoms with van der Waals surface area (Å²) in [5, 5.41) is 0. The summed E-state index contributed by atoms with van der Waals surface area (Å²) in [6.45, 7) is 1.06. The number of hydrogen-bond acceptors (Lipinski definition) is 4. The van der Waals surface area contributed by atoms with Gasteiger partial charge in [0.25, 0.3) is 0 Å². The molecule has 88 valence electrons. The van der Waals surface area contributed by atoms with E-state index in [0.29, 0.717) is 19.6 Å².